The largest absolute Gasteiger partial charge is 0.303 e. The molecule has 0 aromatic rings. The SMILES string of the molecule is CCCN(CCC(C)CCCl)CC1CC1. The summed E-state index contributed by atoms with van der Waals surface area (Å²) < 4.78 is 0. The summed E-state index contributed by atoms with van der Waals surface area (Å²) in [7, 11) is 0. The maximum Gasteiger partial charge on any atom is 0.0225 e. The minimum atomic E-state index is 0.793. The summed E-state index contributed by atoms with van der Waals surface area (Å²) in [6.07, 6.45) is 6.72. The Kier molecular flexibility index (Phi) is 6.67. The standard InChI is InChI=1S/C13H26ClN/c1-3-9-15(11-13-4-5-13)10-7-12(2)6-8-14/h12-13H,3-11H2,1-2H3. The van der Waals surface area contributed by atoms with Crippen LogP contribution in [0.1, 0.15) is 46.0 Å². The fourth-order valence-electron chi connectivity index (χ4n) is 2.01. The zero-order chi connectivity index (χ0) is 11.1. The van der Waals surface area contributed by atoms with E-state index in [4.69, 9.17) is 11.6 Å². The van der Waals surface area contributed by atoms with E-state index in [1.807, 2.05) is 0 Å². The third kappa shape index (κ3) is 6.42. The van der Waals surface area contributed by atoms with Crippen LogP contribution in [0.25, 0.3) is 0 Å². The van der Waals surface area contributed by atoms with Gasteiger partial charge in [0.1, 0.15) is 0 Å². The molecule has 15 heavy (non-hydrogen) atoms. The maximum absolute atomic E-state index is 5.75. The highest BCUT2D eigenvalue weighted by Gasteiger charge is 2.23. The Morgan fingerprint density at radius 2 is 2.00 bits per heavy atom. The van der Waals surface area contributed by atoms with E-state index in [1.54, 1.807) is 0 Å². The highest BCUT2D eigenvalue weighted by Crippen LogP contribution is 2.29. The van der Waals surface area contributed by atoms with E-state index in [-0.39, 0.29) is 0 Å². The average molecular weight is 232 g/mol. The molecule has 0 spiro atoms. The van der Waals surface area contributed by atoms with Gasteiger partial charge in [0.2, 0.25) is 0 Å². The van der Waals surface area contributed by atoms with E-state index in [9.17, 15) is 0 Å². The minimum Gasteiger partial charge on any atom is -0.303 e. The molecular weight excluding hydrogens is 206 g/mol. The molecule has 1 aliphatic rings. The molecule has 0 radical (unpaired) electrons. The highest BCUT2D eigenvalue weighted by atomic mass is 35.5. The third-order valence-electron chi connectivity index (χ3n) is 3.29. The van der Waals surface area contributed by atoms with Crippen LogP contribution in [-0.4, -0.2) is 30.4 Å². The molecule has 1 saturated carbocycles. The molecule has 0 aliphatic heterocycles. The van der Waals surface area contributed by atoms with E-state index >= 15 is 0 Å². The number of halogens is 1. The number of hydrogen-bond donors (Lipinski definition) is 0. The Morgan fingerprint density at radius 1 is 1.27 bits per heavy atom. The molecule has 2 heteroatoms. The lowest BCUT2D eigenvalue weighted by atomic mass is 10.0. The zero-order valence-electron chi connectivity index (χ0n) is 10.3. The molecule has 0 aromatic heterocycles. The van der Waals surface area contributed by atoms with Crippen molar-refractivity contribution in [2.45, 2.75) is 46.0 Å². The lowest BCUT2D eigenvalue weighted by molar-refractivity contribution is 0.244. The maximum atomic E-state index is 5.75. The summed E-state index contributed by atoms with van der Waals surface area (Å²) in [5.41, 5.74) is 0. The van der Waals surface area contributed by atoms with Crippen LogP contribution in [0.2, 0.25) is 0 Å². The van der Waals surface area contributed by atoms with Crippen LogP contribution in [0, 0.1) is 11.8 Å². The smallest absolute Gasteiger partial charge is 0.0225 e. The van der Waals surface area contributed by atoms with Gasteiger partial charge in [0.15, 0.2) is 0 Å². The topological polar surface area (TPSA) is 3.24 Å². The van der Waals surface area contributed by atoms with Crippen molar-refractivity contribution in [3.63, 3.8) is 0 Å². The fraction of sp³-hybridized carbons (Fsp3) is 1.00. The van der Waals surface area contributed by atoms with Crippen molar-refractivity contribution in [2.24, 2.45) is 11.8 Å². The van der Waals surface area contributed by atoms with Crippen molar-refractivity contribution in [1.82, 2.24) is 4.90 Å². The van der Waals surface area contributed by atoms with Crippen LogP contribution in [0.5, 0.6) is 0 Å². The third-order valence-corrected chi connectivity index (χ3v) is 3.51. The molecule has 90 valence electrons. The lowest BCUT2D eigenvalue weighted by Gasteiger charge is -2.23. The summed E-state index contributed by atoms with van der Waals surface area (Å²) in [4.78, 5) is 2.66. The molecule has 0 heterocycles. The molecule has 1 atom stereocenters. The van der Waals surface area contributed by atoms with Gasteiger partial charge in [0.05, 0.1) is 0 Å². The fourth-order valence-corrected chi connectivity index (χ4v) is 2.38. The Morgan fingerprint density at radius 3 is 2.53 bits per heavy atom. The summed E-state index contributed by atoms with van der Waals surface area (Å²) in [5, 5.41) is 0. The highest BCUT2D eigenvalue weighted by molar-refractivity contribution is 6.17. The van der Waals surface area contributed by atoms with Gasteiger partial charge in [-0.1, -0.05) is 13.8 Å². The summed E-state index contributed by atoms with van der Waals surface area (Å²) in [6, 6.07) is 0. The van der Waals surface area contributed by atoms with Crippen LogP contribution >= 0.6 is 11.6 Å². The van der Waals surface area contributed by atoms with Crippen molar-refractivity contribution in [3.8, 4) is 0 Å². The zero-order valence-corrected chi connectivity index (χ0v) is 11.1. The summed E-state index contributed by atoms with van der Waals surface area (Å²) in [6.45, 7) is 8.51. The first-order valence-electron chi connectivity index (χ1n) is 6.54. The van der Waals surface area contributed by atoms with Crippen LogP contribution in [-0.2, 0) is 0 Å². The normalized spacial score (nSPS) is 18.4. The van der Waals surface area contributed by atoms with Crippen molar-refractivity contribution in [3.05, 3.63) is 0 Å². The Balaban J connectivity index is 2.11. The van der Waals surface area contributed by atoms with Gasteiger partial charge < -0.3 is 4.90 Å². The molecule has 0 amide bonds. The van der Waals surface area contributed by atoms with Gasteiger partial charge in [-0.25, -0.2) is 0 Å². The van der Waals surface area contributed by atoms with Gasteiger partial charge in [-0.2, -0.15) is 0 Å². The quantitative estimate of drug-likeness (QED) is 0.546. The van der Waals surface area contributed by atoms with Gasteiger partial charge in [-0.05, 0) is 57.0 Å². The predicted molar refractivity (Wildman–Crippen MR) is 68.6 cm³/mol. The molecule has 0 aromatic carbocycles. The second kappa shape index (κ2) is 7.51. The molecule has 1 fully saturated rings. The first-order valence-corrected chi connectivity index (χ1v) is 7.08. The lowest BCUT2D eigenvalue weighted by Crippen LogP contribution is -2.29. The van der Waals surface area contributed by atoms with Gasteiger partial charge in [-0.15, -0.1) is 11.6 Å². The van der Waals surface area contributed by atoms with E-state index < -0.39 is 0 Å². The second-order valence-corrected chi connectivity index (χ2v) is 5.49. The van der Waals surface area contributed by atoms with Crippen molar-refractivity contribution in [2.75, 3.05) is 25.5 Å². The number of nitrogens with zero attached hydrogens (tertiary/aromatic N) is 1. The minimum absolute atomic E-state index is 0.793. The summed E-state index contributed by atoms with van der Waals surface area (Å²) in [5.74, 6) is 2.64. The second-order valence-electron chi connectivity index (χ2n) is 5.12. The summed E-state index contributed by atoms with van der Waals surface area (Å²) >= 11 is 5.75. The first kappa shape index (κ1) is 13.3. The van der Waals surface area contributed by atoms with Crippen LogP contribution in [0.15, 0.2) is 0 Å². The number of rotatable bonds is 9. The monoisotopic (exact) mass is 231 g/mol. The molecule has 1 rings (SSSR count). The molecule has 0 N–H and O–H groups in total. The first-order chi connectivity index (χ1) is 7.26. The van der Waals surface area contributed by atoms with Crippen LogP contribution < -0.4 is 0 Å². The van der Waals surface area contributed by atoms with Gasteiger partial charge >= 0.3 is 0 Å². The van der Waals surface area contributed by atoms with E-state index in [0.29, 0.717) is 0 Å². The Bertz CT molecular complexity index is 157. The van der Waals surface area contributed by atoms with E-state index in [1.165, 1.54) is 51.7 Å². The number of hydrogen-bond acceptors (Lipinski definition) is 1. The number of alkyl halides is 1. The van der Waals surface area contributed by atoms with E-state index in [0.717, 1.165) is 17.7 Å². The average Bonchev–Trinajstić information content (AvgIpc) is 2.99. The van der Waals surface area contributed by atoms with Crippen molar-refractivity contribution < 1.29 is 0 Å². The van der Waals surface area contributed by atoms with Crippen LogP contribution in [0.4, 0.5) is 0 Å². The molecular formula is C13H26ClN. The van der Waals surface area contributed by atoms with Crippen LogP contribution in [0.3, 0.4) is 0 Å². The molecule has 0 saturated heterocycles. The predicted octanol–water partition coefficient (Wildman–Crippen LogP) is 3.76. The molecule has 1 aliphatic carbocycles. The van der Waals surface area contributed by atoms with Crippen molar-refractivity contribution >= 4 is 11.6 Å². The van der Waals surface area contributed by atoms with Gasteiger partial charge in [0.25, 0.3) is 0 Å². The van der Waals surface area contributed by atoms with Crippen molar-refractivity contribution in [1.29, 1.82) is 0 Å². The van der Waals surface area contributed by atoms with E-state index in [2.05, 4.69) is 18.7 Å². The molecule has 1 nitrogen and oxygen atoms in total. The van der Waals surface area contributed by atoms with Gasteiger partial charge in [0, 0.05) is 12.4 Å². The Labute approximate surface area is 100 Å². The molecule has 0 bridgehead atoms. The van der Waals surface area contributed by atoms with Gasteiger partial charge in [-0.3, -0.25) is 0 Å². The molecule has 1 unspecified atom stereocenters. The Hall–Kier alpha value is 0.250.